The number of hydrogen-bond acceptors (Lipinski definition) is 4. The molecule has 2 heterocycles. The maximum absolute atomic E-state index is 12.0. The van der Waals surface area contributed by atoms with E-state index < -0.39 is 0 Å². The predicted molar refractivity (Wildman–Crippen MR) is 75.6 cm³/mol. The van der Waals surface area contributed by atoms with Crippen molar-refractivity contribution in [2.24, 2.45) is 11.3 Å². The topological polar surface area (TPSA) is 59.6 Å². The van der Waals surface area contributed by atoms with Gasteiger partial charge in [0.05, 0.1) is 19.1 Å². The summed E-state index contributed by atoms with van der Waals surface area (Å²) in [6, 6.07) is 0. The summed E-state index contributed by atoms with van der Waals surface area (Å²) in [7, 11) is 1.73. The molecule has 6 heteroatoms. The second-order valence-electron chi connectivity index (χ2n) is 5.46. The highest BCUT2D eigenvalue weighted by atomic mass is 35.5. The van der Waals surface area contributed by atoms with E-state index in [9.17, 15) is 4.79 Å². The summed E-state index contributed by atoms with van der Waals surface area (Å²) in [5.41, 5.74) is 0.106. The third-order valence-corrected chi connectivity index (χ3v) is 4.05. The molecule has 0 bridgehead atoms. The summed E-state index contributed by atoms with van der Waals surface area (Å²) in [6.45, 7) is 4.74. The van der Waals surface area contributed by atoms with Crippen LogP contribution in [0, 0.1) is 11.3 Å². The summed E-state index contributed by atoms with van der Waals surface area (Å²) in [5.74, 6) is 0.188. The van der Waals surface area contributed by atoms with Crippen molar-refractivity contribution >= 4 is 18.3 Å². The lowest BCUT2D eigenvalue weighted by atomic mass is 9.79. The Kier molecular flexibility index (Phi) is 7.07. The maximum atomic E-state index is 12.0. The number of nitrogens with one attached hydrogen (secondary N) is 2. The van der Waals surface area contributed by atoms with Gasteiger partial charge in [-0.05, 0) is 32.4 Å². The normalized spacial score (nSPS) is 25.6. The third kappa shape index (κ3) is 4.60. The van der Waals surface area contributed by atoms with Gasteiger partial charge >= 0.3 is 0 Å². The first-order valence-corrected chi connectivity index (χ1v) is 6.81. The lowest BCUT2D eigenvalue weighted by Gasteiger charge is -2.37. The molecule has 0 spiro atoms. The Morgan fingerprint density at radius 3 is 2.79 bits per heavy atom. The van der Waals surface area contributed by atoms with Gasteiger partial charge in [-0.1, -0.05) is 0 Å². The van der Waals surface area contributed by atoms with Crippen molar-refractivity contribution in [2.45, 2.75) is 19.3 Å². The second-order valence-corrected chi connectivity index (χ2v) is 5.46. The number of amides is 1. The maximum Gasteiger partial charge on any atom is 0.225 e. The van der Waals surface area contributed by atoms with E-state index in [4.69, 9.17) is 9.47 Å². The van der Waals surface area contributed by atoms with Gasteiger partial charge in [0.1, 0.15) is 0 Å². The average molecular weight is 293 g/mol. The Morgan fingerprint density at radius 1 is 1.47 bits per heavy atom. The van der Waals surface area contributed by atoms with Crippen LogP contribution in [0.15, 0.2) is 0 Å². The smallest absolute Gasteiger partial charge is 0.225 e. The van der Waals surface area contributed by atoms with Crippen LogP contribution < -0.4 is 10.6 Å². The molecular weight excluding hydrogens is 268 g/mol. The minimum Gasteiger partial charge on any atom is -0.384 e. The number of carbonyl (C=O) groups excluding carboxylic acids is 1. The minimum absolute atomic E-state index is 0. The highest BCUT2D eigenvalue weighted by Crippen LogP contribution is 2.28. The average Bonchev–Trinajstić information content (AvgIpc) is 2.91. The molecule has 0 aromatic heterocycles. The summed E-state index contributed by atoms with van der Waals surface area (Å²) in [4.78, 5) is 12.0. The molecule has 2 fully saturated rings. The summed E-state index contributed by atoms with van der Waals surface area (Å²) < 4.78 is 10.6. The Balaban J connectivity index is 0.00000180. The standard InChI is InChI=1S/C13H24N2O3.ClH/c1-17-10-13(3-5-14-6-4-13)9-15-12(16)11-2-7-18-8-11;/h11,14H,2-10H2,1H3,(H,15,16);1H. The Bertz CT molecular complexity index is 272. The van der Waals surface area contributed by atoms with Gasteiger partial charge in [-0.15, -0.1) is 12.4 Å². The quantitative estimate of drug-likeness (QED) is 0.778. The molecule has 5 nitrogen and oxygen atoms in total. The van der Waals surface area contributed by atoms with E-state index in [-0.39, 0.29) is 29.6 Å². The fourth-order valence-electron chi connectivity index (χ4n) is 2.80. The first-order chi connectivity index (χ1) is 8.76. The molecule has 2 saturated heterocycles. The highest BCUT2D eigenvalue weighted by molar-refractivity contribution is 5.85. The second kappa shape index (κ2) is 8.04. The molecule has 0 aliphatic carbocycles. The number of ether oxygens (including phenoxy) is 2. The van der Waals surface area contributed by atoms with Gasteiger partial charge in [0.2, 0.25) is 5.91 Å². The van der Waals surface area contributed by atoms with E-state index in [0.717, 1.165) is 45.5 Å². The van der Waals surface area contributed by atoms with Crippen LogP contribution >= 0.6 is 12.4 Å². The molecule has 1 unspecified atom stereocenters. The van der Waals surface area contributed by atoms with Crippen molar-refractivity contribution in [2.75, 3.05) is 46.6 Å². The van der Waals surface area contributed by atoms with Gasteiger partial charge in [0, 0.05) is 25.7 Å². The summed E-state index contributed by atoms with van der Waals surface area (Å²) in [6.07, 6.45) is 2.97. The fourth-order valence-corrected chi connectivity index (χ4v) is 2.80. The van der Waals surface area contributed by atoms with Crippen LogP contribution in [0.3, 0.4) is 0 Å². The number of piperidine rings is 1. The number of halogens is 1. The van der Waals surface area contributed by atoms with Gasteiger partial charge in [0.15, 0.2) is 0 Å². The van der Waals surface area contributed by atoms with Crippen molar-refractivity contribution in [3.05, 3.63) is 0 Å². The van der Waals surface area contributed by atoms with Gasteiger partial charge in [0.25, 0.3) is 0 Å². The van der Waals surface area contributed by atoms with Crippen LogP contribution in [-0.4, -0.2) is 52.5 Å². The molecule has 0 saturated carbocycles. The molecule has 2 aliphatic heterocycles. The zero-order valence-corrected chi connectivity index (χ0v) is 12.4. The van der Waals surface area contributed by atoms with Crippen LogP contribution in [0.25, 0.3) is 0 Å². The van der Waals surface area contributed by atoms with Crippen molar-refractivity contribution in [1.29, 1.82) is 0 Å². The van der Waals surface area contributed by atoms with Gasteiger partial charge in [-0.3, -0.25) is 4.79 Å². The monoisotopic (exact) mass is 292 g/mol. The first kappa shape index (κ1) is 16.7. The lowest BCUT2D eigenvalue weighted by molar-refractivity contribution is -0.125. The van der Waals surface area contributed by atoms with Crippen LogP contribution in [0.2, 0.25) is 0 Å². The van der Waals surface area contributed by atoms with Crippen molar-refractivity contribution < 1.29 is 14.3 Å². The molecule has 2 aliphatic rings. The van der Waals surface area contributed by atoms with Gasteiger partial charge < -0.3 is 20.1 Å². The molecule has 1 atom stereocenters. The minimum atomic E-state index is 0. The molecule has 0 aromatic rings. The third-order valence-electron chi connectivity index (χ3n) is 4.05. The number of carbonyl (C=O) groups is 1. The lowest BCUT2D eigenvalue weighted by Crippen LogP contribution is -2.48. The number of hydrogen-bond donors (Lipinski definition) is 2. The van der Waals surface area contributed by atoms with Crippen LogP contribution in [0.5, 0.6) is 0 Å². The molecule has 2 N–H and O–H groups in total. The van der Waals surface area contributed by atoms with E-state index in [2.05, 4.69) is 10.6 Å². The SMILES string of the molecule is COCC1(CNC(=O)C2CCOC2)CCNCC1.Cl. The molecule has 0 radical (unpaired) electrons. The molecule has 1 amide bonds. The van der Waals surface area contributed by atoms with E-state index in [1.807, 2.05) is 0 Å². The molecule has 112 valence electrons. The van der Waals surface area contributed by atoms with Crippen molar-refractivity contribution in [3.63, 3.8) is 0 Å². The van der Waals surface area contributed by atoms with E-state index in [0.29, 0.717) is 13.2 Å². The van der Waals surface area contributed by atoms with E-state index in [1.54, 1.807) is 7.11 Å². The largest absolute Gasteiger partial charge is 0.384 e. The van der Waals surface area contributed by atoms with Crippen LogP contribution in [0.4, 0.5) is 0 Å². The van der Waals surface area contributed by atoms with E-state index in [1.165, 1.54) is 0 Å². The molecular formula is C13H25ClN2O3. The molecule has 19 heavy (non-hydrogen) atoms. The highest BCUT2D eigenvalue weighted by Gasteiger charge is 2.33. The Labute approximate surface area is 121 Å². The summed E-state index contributed by atoms with van der Waals surface area (Å²) >= 11 is 0. The Hall–Kier alpha value is -0.360. The van der Waals surface area contributed by atoms with Crippen molar-refractivity contribution in [1.82, 2.24) is 10.6 Å². The summed E-state index contributed by atoms with van der Waals surface area (Å²) in [5, 5.41) is 6.45. The van der Waals surface area contributed by atoms with Gasteiger partial charge in [-0.25, -0.2) is 0 Å². The number of rotatable bonds is 5. The van der Waals surface area contributed by atoms with Crippen LogP contribution in [0.1, 0.15) is 19.3 Å². The Morgan fingerprint density at radius 2 is 2.21 bits per heavy atom. The first-order valence-electron chi connectivity index (χ1n) is 6.81. The fraction of sp³-hybridized carbons (Fsp3) is 0.923. The zero-order valence-electron chi connectivity index (χ0n) is 11.6. The molecule has 0 aromatic carbocycles. The van der Waals surface area contributed by atoms with Crippen LogP contribution in [-0.2, 0) is 14.3 Å². The number of methoxy groups -OCH3 is 1. The molecule has 2 rings (SSSR count). The van der Waals surface area contributed by atoms with Crippen molar-refractivity contribution in [3.8, 4) is 0 Å². The van der Waals surface area contributed by atoms with E-state index >= 15 is 0 Å². The predicted octanol–water partition coefficient (Wildman–Crippen LogP) is 0.577. The zero-order chi connectivity index (χ0) is 12.8. The van der Waals surface area contributed by atoms with Gasteiger partial charge in [-0.2, -0.15) is 0 Å².